The molecule has 1 heterocycles. The lowest BCUT2D eigenvalue weighted by atomic mass is 9.38. The highest BCUT2D eigenvalue weighted by molar-refractivity contribution is 5.14. The van der Waals surface area contributed by atoms with Crippen LogP contribution in [-0.2, 0) is 6.54 Å². The number of hydrogen-bond acceptors (Lipinski definition) is 1. The third-order valence-electron chi connectivity index (χ3n) is 13.0. The van der Waals surface area contributed by atoms with Crippen LogP contribution >= 0.6 is 0 Å². The second-order valence-electron chi connectivity index (χ2n) is 14.3. The molecule has 4 saturated carbocycles. The average molecular weight is 467 g/mol. The molecule has 192 valence electrons. The molecule has 2 heteroatoms. The number of nitrogens with zero attached hydrogens (tertiary/aromatic N) is 2. The Bertz CT molecular complexity index is 857. The van der Waals surface area contributed by atoms with Gasteiger partial charge in [0.15, 0.2) is 0 Å². The van der Waals surface area contributed by atoms with Crippen molar-refractivity contribution in [1.29, 1.82) is 0 Å². The molecule has 5 rings (SSSR count). The van der Waals surface area contributed by atoms with Gasteiger partial charge in [-0.15, -0.1) is 0 Å². The van der Waals surface area contributed by atoms with Crippen LogP contribution in [-0.4, -0.2) is 9.78 Å². The Labute approximate surface area is 211 Å². The topological polar surface area (TPSA) is 17.8 Å². The molecule has 0 N–H and O–H groups in total. The predicted octanol–water partition coefficient (Wildman–Crippen LogP) is 9.11. The fourth-order valence-electron chi connectivity index (χ4n) is 11.0. The van der Waals surface area contributed by atoms with Gasteiger partial charge in [-0.2, -0.15) is 5.10 Å². The number of rotatable bonds is 6. The van der Waals surface area contributed by atoms with Crippen LogP contribution in [0.1, 0.15) is 131 Å². The first kappa shape index (κ1) is 24.9. The molecule has 0 spiro atoms. The molecular weight excluding hydrogens is 412 g/mol. The second-order valence-corrected chi connectivity index (χ2v) is 14.3. The molecule has 2 nitrogen and oxygen atoms in total. The molecule has 34 heavy (non-hydrogen) atoms. The van der Waals surface area contributed by atoms with Crippen molar-refractivity contribution in [3.63, 3.8) is 0 Å². The summed E-state index contributed by atoms with van der Waals surface area (Å²) in [5.41, 5.74) is 3.21. The monoisotopic (exact) mass is 466 g/mol. The lowest BCUT2D eigenvalue weighted by Gasteiger charge is -2.66. The Balaban J connectivity index is 1.34. The van der Waals surface area contributed by atoms with Crippen LogP contribution in [0.3, 0.4) is 0 Å². The highest BCUT2D eigenvalue weighted by atomic mass is 15.3. The van der Waals surface area contributed by atoms with E-state index in [1.807, 2.05) is 0 Å². The van der Waals surface area contributed by atoms with E-state index in [0.29, 0.717) is 22.2 Å². The number of aromatic nitrogens is 2. The highest BCUT2D eigenvalue weighted by Crippen LogP contribution is 2.72. The molecule has 4 aliphatic rings. The molecule has 10 unspecified atom stereocenters. The average Bonchev–Trinajstić information content (AvgIpc) is 3.42. The molecule has 10 atom stereocenters. The molecule has 0 aromatic carbocycles. The number of fused-ring (bicyclic) bond motifs is 5. The van der Waals surface area contributed by atoms with Crippen molar-refractivity contribution in [2.75, 3.05) is 0 Å². The van der Waals surface area contributed by atoms with E-state index in [-0.39, 0.29) is 0 Å². The zero-order chi connectivity index (χ0) is 24.3. The summed E-state index contributed by atoms with van der Waals surface area (Å²) in [7, 11) is 0. The molecule has 0 bridgehead atoms. The molecule has 1 aromatic rings. The van der Waals surface area contributed by atoms with Crippen molar-refractivity contribution < 1.29 is 0 Å². The summed E-state index contributed by atoms with van der Waals surface area (Å²) in [5, 5.41) is 4.78. The summed E-state index contributed by atoms with van der Waals surface area (Å²) in [5.74, 6) is 6.12. The van der Waals surface area contributed by atoms with E-state index in [4.69, 9.17) is 5.10 Å². The normalized spacial score (nSPS) is 45.8. The first-order valence-electron chi connectivity index (χ1n) is 15.2. The Morgan fingerprint density at radius 1 is 1.00 bits per heavy atom. The smallest absolute Gasteiger partial charge is 0.0524 e. The van der Waals surface area contributed by atoms with E-state index in [2.05, 4.69) is 65.5 Å². The summed E-state index contributed by atoms with van der Waals surface area (Å²) in [6.45, 7) is 18.8. The van der Waals surface area contributed by atoms with Gasteiger partial charge in [-0.25, -0.2) is 0 Å². The lowest BCUT2D eigenvalue weighted by molar-refractivity contribution is -0.173. The summed E-state index contributed by atoms with van der Waals surface area (Å²) >= 11 is 0. The maximum Gasteiger partial charge on any atom is 0.0524 e. The fourth-order valence-corrected chi connectivity index (χ4v) is 11.0. The quantitative estimate of drug-likeness (QED) is 0.408. The zero-order valence-electron chi connectivity index (χ0n) is 23.6. The van der Waals surface area contributed by atoms with E-state index in [1.54, 1.807) is 0 Å². The van der Waals surface area contributed by atoms with Crippen LogP contribution in [0.15, 0.2) is 12.4 Å². The van der Waals surface area contributed by atoms with Crippen LogP contribution < -0.4 is 0 Å². The minimum absolute atomic E-state index is 0.553. The minimum Gasteiger partial charge on any atom is -0.272 e. The minimum atomic E-state index is 0.553. The molecule has 1 aromatic heterocycles. The predicted molar refractivity (Wildman–Crippen MR) is 144 cm³/mol. The van der Waals surface area contributed by atoms with Gasteiger partial charge in [0.25, 0.3) is 0 Å². The van der Waals surface area contributed by atoms with Crippen molar-refractivity contribution in [2.24, 2.45) is 51.8 Å². The van der Waals surface area contributed by atoms with Crippen molar-refractivity contribution in [1.82, 2.24) is 9.78 Å². The molecule has 4 fully saturated rings. The van der Waals surface area contributed by atoms with Crippen LogP contribution in [0.2, 0.25) is 0 Å². The summed E-state index contributed by atoms with van der Waals surface area (Å²) in [6, 6.07) is 0. The van der Waals surface area contributed by atoms with Crippen LogP contribution in [0.25, 0.3) is 0 Å². The second kappa shape index (κ2) is 8.95. The molecule has 0 aliphatic heterocycles. The van der Waals surface area contributed by atoms with Crippen LogP contribution in [0, 0.1) is 51.8 Å². The molecule has 0 amide bonds. The summed E-state index contributed by atoms with van der Waals surface area (Å²) < 4.78 is 2.27. The Kier molecular flexibility index (Phi) is 6.55. The van der Waals surface area contributed by atoms with Gasteiger partial charge >= 0.3 is 0 Å². The first-order valence-corrected chi connectivity index (χ1v) is 15.2. The fraction of sp³-hybridized carbons (Fsp3) is 0.906. The van der Waals surface area contributed by atoms with Crippen LogP contribution in [0.5, 0.6) is 0 Å². The SMILES string of the molecule is CCC(C)c1cnn(CC(C)C2CCC3C4CCC5(C)CC(C)CCC5(CC)C4CCC23C)c1. The third kappa shape index (κ3) is 3.66. The van der Waals surface area contributed by atoms with Gasteiger partial charge in [0, 0.05) is 12.7 Å². The first-order chi connectivity index (χ1) is 16.2. The molecule has 0 radical (unpaired) electrons. The third-order valence-corrected chi connectivity index (χ3v) is 13.0. The summed E-state index contributed by atoms with van der Waals surface area (Å²) in [4.78, 5) is 0. The van der Waals surface area contributed by atoms with Gasteiger partial charge in [-0.3, -0.25) is 4.68 Å². The summed E-state index contributed by atoms with van der Waals surface area (Å²) in [6.07, 6.45) is 20.6. The highest BCUT2D eigenvalue weighted by Gasteiger charge is 2.64. The van der Waals surface area contributed by atoms with E-state index < -0.39 is 0 Å². The van der Waals surface area contributed by atoms with Gasteiger partial charge < -0.3 is 0 Å². The van der Waals surface area contributed by atoms with Gasteiger partial charge in [0.05, 0.1) is 6.20 Å². The van der Waals surface area contributed by atoms with Crippen molar-refractivity contribution in [3.8, 4) is 0 Å². The van der Waals surface area contributed by atoms with E-state index in [1.165, 1.54) is 76.2 Å². The zero-order valence-corrected chi connectivity index (χ0v) is 23.6. The van der Waals surface area contributed by atoms with Crippen molar-refractivity contribution in [3.05, 3.63) is 18.0 Å². The van der Waals surface area contributed by atoms with Gasteiger partial charge in [0.2, 0.25) is 0 Å². The maximum absolute atomic E-state index is 4.78. The maximum atomic E-state index is 4.78. The number of hydrogen-bond donors (Lipinski definition) is 0. The van der Waals surface area contributed by atoms with Crippen molar-refractivity contribution in [2.45, 2.75) is 132 Å². The van der Waals surface area contributed by atoms with E-state index in [0.717, 1.165) is 42.1 Å². The van der Waals surface area contributed by atoms with Crippen LogP contribution in [0.4, 0.5) is 0 Å². The van der Waals surface area contributed by atoms with Crippen molar-refractivity contribution >= 4 is 0 Å². The van der Waals surface area contributed by atoms with E-state index >= 15 is 0 Å². The van der Waals surface area contributed by atoms with E-state index in [9.17, 15) is 0 Å². The Morgan fingerprint density at radius 3 is 2.53 bits per heavy atom. The van der Waals surface area contributed by atoms with Gasteiger partial charge in [-0.1, -0.05) is 54.9 Å². The standard InChI is InChI=1S/C32H54N2/c1-8-23(4)25-19-33-34(21-25)20-24(5)27-10-11-28-26-13-15-30(6)18-22(3)12-17-32(30,9-2)29(26)14-16-31(27,28)7/h19,21-24,26-29H,8-18,20H2,1-7H3. The van der Waals surface area contributed by atoms with Gasteiger partial charge in [-0.05, 0) is 127 Å². The molecule has 4 aliphatic carbocycles. The molecule has 0 saturated heterocycles. The van der Waals surface area contributed by atoms with Gasteiger partial charge in [0.1, 0.15) is 0 Å². The molecular formula is C32H54N2. The Morgan fingerprint density at radius 2 is 1.79 bits per heavy atom. The largest absolute Gasteiger partial charge is 0.272 e. The Hall–Kier alpha value is -0.790. The lowest BCUT2D eigenvalue weighted by Crippen LogP contribution is -2.58.